The molecule has 0 N–H and O–H groups in total. The Morgan fingerprint density at radius 2 is 1.88 bits per heavy atom. The zero-order valence-electron chi connectivity index (χ0n) is 8.51. The molecule has 3 aromatic rings. The van der Waals surface area contributed by atoms with Gasteiger partial charge in [0.15, 0.2) is 0 Å². The second-order valence-electron chi connectivity index (χ2n) is 3.70. The Labute approximate surface area is 94.5 Å². The molecule has 0 aliphatic rings. The van der Waals surface area contributed by atoms with Crippen LogP contribution >= 0.6 is 0 Å². The molecule has 0 fully saturated rings. The van der Waals surface area contributed by atoms with E-state index in [4.69, 9.17) is 4.42 Å². The second kappa shape index (κ2) is 3.26. The third-order valence-corrected chi connectivity index (χ3v) is 2.65. The lowest BCUT2D eigenvalue weighted by Gasteiger charge is -2.05. The van der Waals surface area contributed by atoms with E-state index in [2.05, 4.69) is 6.07 Å². The molecule has 1 heterocycles. The highest BCUT2D eigenvalue weighted by molar-refractivity contribution is 6.05. The second-order valence-corrected chi connectivity index (χ2v) is 3.70. The molecule has 0 atom stereocenters. The lowest BCUT2D eigenvalue weighted by Crippen LogP contribution is -2.04. The fraction of sp³-hybridized carbons (Fsp3) is 0.0769. The number of furan rings is 1. The van der Waals surface area contributed by atoms with Crippen LogP contribution < -0.4 is 0 Å². The van der Waals surface area contributed by atoms with Gasteiger partial charge >= 0.3 is 6.18 Å². The van der Waals surface area contributed by atoms with Gasteiger partial charge < -0.3 is 4.42 Å². The summed E-state index contributed by atoms with van der Waals surface area (Å²) in [6.45, 7) is 0. The highest BCUT2D eigenvalue weighted by Gasteiger charge is 2.34. The van der Waals surface area contributed by atoms with Gasteiger partial charge in [0.05, 0.1) is 5.56 Å². The average molecular weight is 235 g/mol. The monoisotopic (exact) mass is 235 g/mol. The van der Waals surface area contributed by atoms with Gasteiger partial charge in [-0.2, -0.15) is 13.2 Å². The van der Waals surface area contributed by atoms with Crippen molar-refractivity contribution in [2.24, 2.45) is 0 Å². The van der Waals surface area contributed by atoms with Gasteiger partial charge in [0, 0.05) is 10.8 Å². The molecule has 0 saturated carbocycles. The molecular formula is C13H6F3O. The van der Waals surface area contributed by atoms with Crippen LogP contribution in [-0.2, 0) is 6.18 Å². The highest BCUT2D eigenvalue weighted by Crippen LogP contribution is 2.38. The van der Waals surface area contributed by atoms with Crippen LogP contribution in [0.1, 0.15) is 5.56 Å². The van der Waals surface area contributed by atoms with Crippen LogP contribution in [0.2, 0.25) is 0 Å². The number of hydrogen-bond donors (Lipinski definition) is 0. The van der Waals surface area contributed by atoms with Crippen LogP contribution in [0.25, 0.3) is 21.9 Å². The number of halogens is 3. The van der Waals surface area contributed by atoms with Gasteiger partial charge in [0.25, 0.3) is 0 Å². The van der Waals surface area contributed by atoms with Crippen molar-refractivity contribution in [3.8, 4) is 0 Å². The normalized spacial score (nSPS) is 12.4. The van der Waals surface area contributed by atoms with Crippen molar-refractivity contribution in [1.82, 2.24) is 0 Å². The van der Waals surface area contributed by atoms with E-state index < -0.39 is 11.7 Å². The van der Waals surface area contributed by atoms with E-state index in [1.54, 1.807) is 18.2 Å². The first kappa shape index (κ1) is 10.2. The molecule has 1 nitrogen and oxygen atoms in total. The first-order valence-electron chi connectivity index (χ1n) is 4.96. The van der Waals surface area contributed by atoms with Crippen molar-refractivity contribution in [1.29, 1.82) is 0 Å². The van der Waals surface area contributed by atoms with Gasteiger partial charge in [0.1, 0.15) is 11.2 Å². The molecule has 1 radical (unpaired) electrons. The van der Waals surface area contributed by atoms with Crippen LogP contribution in [0.4, 0.5) is 13.2 Å². The number of hydrogen-bond acceptors (Lipinski definition) is 1. The van der Waals surface area contributed by atoms with Gasteiger partial charge in [0.2, 0.25) is 0 Å². The Morgan fingerprint density at radius 1 is 1.06 bits per heavy atom. The molecule has 0 saturated heterocycles. The summed E-state index contributed by atoms with van der Waals surface area (Å²) < 4.78 is 43.6. The summed E-state index contributed by atoms with van der Waals surface area (Å²) in [5, 5.41) is 1.15. The molecule has 2 aromatic carbocycles. The van der Waals surface area contributed by atoms with E-state index >= 15 is 0 Å². The van der Waals surface area contributed by atoms with E-state index in [1.807, 2.05) is 0 Å². The number of rotatable bonds is 0. The van der Waals surface area contributed by atoms with Crippen molar-refractivity contribution in [3.05, 3.63) is 48.0 Å². The number of para-hydroxylation sites is 1. The fourth-order valence-electron chi connectivity index (χ4n) is 1.91. The predicted molar refractivity (Wildman–Crippen MR) is 57.6 cm³/mol. The zero-order valence-corrected chi connectivity index (χ0v) is 8.51. The topological polar surface area (TPSA) is 13.1 Å². The first-order chi connectivity index (χ1) is 8.07. The Kier molecular flexibility index (Phi) is 1.96. The molecule has 0 spiro atoms. The van der Waals surface area contributed by atoms with E-state index in [1.165, 1.54) is 12.1 Å². The maximum Gasteiger partial charge on any atom is 0.420 e. The summed E-state index contributed by atoms with van der Waals surface area (Å²) >= 11 is 0. The number of fused-ring (bicyclic) bond motifs is 3. The molecule has 4 heteroatoms. The number of benzene rings is 2. The van der Waals surface area contributed by atoms with Crippen LogP contribution in [-0.4, -0.2) is 0 Å². The third kappa shape index (κ3) is 1.48. The number of alkyl halides is 3. The van der Waals surface area contributed by atoms with Gasteiger partial charge in [-0.15, -0.1) is 0 Å². The van der Waals surface area contributed by atoms with Crippen LogP contribution in [0.3, 0.4) is 0 Å². The Hall–Kier alpha value is -1.97. The van der Waals surface area contributed by atoms with Crippen molar-refractivity contribution in [2.45, 2.75) is 6.18 Å². The first-order valence-corrected chi connectivity index (χ1v) is 4.96. The fourth-order valence-corrected chi connectivity index (χ4v) is 1.91. The molecule has 0 amide bonds. The summed E-state index contributed by atoms with van der Waals surface area (Å²) in [6.07, 6.45) is -4.41. The zero-order chi connectivity index (χ0) is 12.0. The summed E-state index contributed by atoms with van der Waals surface area (Å²) in [5.74, 6) is 0. The molecular weight excluding hydrogens is 229 g/mol. The average Bonchev–Trinajstić information content (AvgIpc) is 2.65. The van der Waals surface area contributed by atoms with E-state index in [0.29, 0.717) is 16.4 Å². The molecule has 0 unspecified atom stereocenters. The Morgan fingerprint density at radius 3 is 2.65 bits per heavy atom. The maximum absolute atomic E-state index is 12.8. The summed E-state index contributed by atoms with van der Waals surface area (Å²) in [6, 6.07) is 11.7. The van der Waals surface area contributed by atoms with E-state index in [9.17, 15) is 13.2 Å². The Bertz CT molecular complexity index is 695. The highest BCUT2D eigenvalue weighted by atomic mass is 19.4. The molecule has 1 aromatic heterocycles. The van der Waals surface area contributed by atoms with E-state index in [-0.39, 0.29) is 5.58 Å². The minimum absolute atomic E-state index is 0.116. The van der Waals surface area contributed by atoms with Crippen LogP contribution in [0, 0.1) is 6.07 Å². The van der Waals surface area contributed by atoms with Gasteiger partial charge in [-0.3, -0.25) is 0 Å². The van der Waals surface area contributed by atoms with Crippen LogP contribution in [0.15, 0.2) is 40.8 Å². The van der Waals surface area contributed by atoms with Gasteiger partial charge in [-0.05, 0) is 24.3 Å². The van der Waals surface area contributed by atoms with Crippen molar-refractivity contribution in [2.75, 3.05) is 0 Å². The minimum Gasteiger partial charge on any atom is -0.455 e. The Balaban J connectivity index is 2.48. The van der Waals surface area contributed by atoms with Crippen molar-refractivity contribution >= 4 is 21.9 Å². The largest absolute Gasteiger partial charge is 0.455 e. The smallest absolute Gasteiger partial charge is 0.420 e. The molecule has 0 aliphatic carbocycles. The van der Waals surface area contributed by atoms with Gasteiger partial charge in [-0.25, -0.2) is 0 Å². The lowest BCUT2D eigenvalue weighted by atomic mass is 10.1. The summed E-state index contributed by atoms with van der Waals surface area (Å²) in [7, 11) is 0. The molecule has 17 heavy (non-hydrogen) atoms. The van der Waals surface area contributed by atoms with Gasteiger partial charge in [-0.1, -0.05) is 18.2 Å². The minimum atomic E-state index is -4.41. The molecule has 0 bridgehead atoms. The quantitative estimate of drug-likeness (QED) is 0.562. The SMILES string of the molecule is FC(F)(F)c1cccc2c1oc1c[c]ccc12. The van der Waals surface area contributed by atoms with Crippen molar-refractivity contribution in [3.63, 3.8) is 0 Å². The summed E-state index contributed by atoms with van der Waals surface area (Å²) in [4.78, 5) is 0. The van der Waals surface area contributed by atoms with E-state index in [0.717, 1.165) is 6.07 Å². The lowest BCUT2D eigenvalue weighted by molar-refractivity contribution is -0.136. The molecule has 3 rings (SSSR count). The molecule has 85 valence electrons. The maximum atomic E-state index is 12.8. The van der Waals surface area contributed by atoms with Crippen LogP contribution in [0.5, 0.6) is 0 Å². The molecule has 0 aliphatic heterocycles. The van der Waals surface area contributed by atoms with Crippen molar-refractivity contribution < 1.29 is 17.6 Å². The summed E-state index contributed by atoms with van der Waals surface area (Å²) in [5.41, 5.74) is -0.444. The predicted octanol–water partition coefficient (Wildman–Crippen LogP) is 4.40. The third-order valence-electron chi connectivity index (χ3n) is 2.65. The standard InChI is InChI=1S/C13H6F3O/c14-13(15,16)10-6-3-5-9-8-4-1-2-7-11(8)17-12(9)10/h1,3-7H.